The fraction of sp³-hybridized carbons (Fsp3) is 0.400. The number of nitrogens with zero attached hydrogens (tertiary/aromatic N) is 10. The zero-order valence-corrected chi connectivity index (χ0v) is 44.2. The molecule has 2 saturated heterocycles. The van der Waals surface area contributed by atoms with Gasteiger partial charge in [-0.15, -0.1) is 11.8 Å². The maximum absolute atomic E-state index is 13.8. The molecule has 9 N–H and O–H groups in total. The molecule has 7 amide bonds. The highest BCUT2D eigenvalue weighted by atomic mass is 32.2. The van der Waals surface area contributed by atoms with E-state index >= 15 is 0 Å². The van der Waals surface area contributed by atoms with Gasteiger partial charge in [0.2, 0.25) is 41.4 Å². The number of imidazole rings is 2. The van der Waals surface area contributed by atoms with Gasteiger partial charge in [-0.3, -0.25) is 63.3 Å². The molecule has 0 bridgehead atoms. The van der Waals surface area contributed by atoms with Gasteiger partial charge in [-0.1, -0.05) is 12.2 Å². The zero-order chi connectivity index (χ0) is 56.1. The van der Waals surface area contributed by atoms with Crippen molar-refractivity contribution in [2.75, 3.05) is 56.3 Å². The summed E-state index contributed by atoms with van der Waals surface area (Å²) in [5.74, 6) is -4.10. The second-order valence-corrected chi connectivity index (χ2v) is 19.7. The number of fused-ring (bicyclic) bond motifs is 2. The SMILES string of the molecule is CCn1nc(C)cc1C(=O)Nc1nc2cc(C(N)=O)cc(OC)c2n1C/C=C/Cn1c(NC(=O)c2cc(C)nn2C)nc2cc(C(N)=O)cc(OCCCOC3CN(C(=O)CCN4C(=O)CC(SCC(N)C(=O)O)C4=O)C3)c21. The molecule has 6 heterocycles. The second-order valence-electron chi connectivity index (χ2n) is 18.5. The van der Waals surface area contributed by atoms with Crippen LogP contribution in [0.2, 0.25) is 0 Å². The number of aryl methyl sites for hydroxylation is 4. The number of carboxylic acids is 1. The van der Waals surface area contributed by atoms with Crippen molar-refractivity contribution in [2.45, 2.75) is 77.1 Å². The molecule has 412 valence electrons. The van der Waals surface area contributed by atoms with Crippen LogP contribution in [0.25, 0.3) is 22.1 Å². The molecule has 6 aromatic rings. The molecule has 2 aliphatic heterocycles. The quantitative estimate of drug-likeness (QED) is 0.0269. The third-order valence-electron chi connectivity index (χ3n) is 12.9. The van der Waals surface area contributed by atoms with Gasteiger partial charge in [-0.2, -0.15) is 10.2 Å². The number of allylic oxidation sites excluding steroid dienone is 2. The number of hydrogen-bond donors (Lipinski definition) is 6. The lowest BCUT2D eigenvalue weighted by molar-refractivity contribution is -0.146. The van der Waals surface area contributed by atoms with E-state index in [4.69, 9.17) is 41.5 Å². The molecule has 0 radical (unpaired) electrons. The molecule has 0 aliphatic carbocycles. The Bertz CT molecular complexity index is 3390. The Balaban J connectivity index is 0.968. The minimum Gasteiger partial charge on any atom is -0.494 e. The summed E-state index contributed by atoms with van der Waals surface area (Å²) >= 11 is 1.01. The molecule has 0 spiro atoms. The average Bonchev–Trinajstić information content (AvgIpc) is 4.31. The number of nitrogens with two attached hydrogens (primary N) is 3. The fourth-order valence-corrected chi connectivity index (χ4v) is 10.1. The van der Waals surface area contributed by atoms with Gasteiger partial charge in [0.05, 0.1) is 54.1 Å². The summed E-state index contributed by atoms with van der Waals surface area (Å²) in [6.07, 6.45) is 3.52. The lowest BCUT2D eigenvalue weighted by Gasteiger charge is -2.39. The van der Waals surface area contributed by atoms with E-state index < -0.39 is 52.7 Å². The van der Waals surface area contributed by atoms with Crippen LogP contribution in [-0.2, 0) is 50.6 Å². The molecule has 2 aromatic carbocycles. The monoisotopic (exact) mass is 1090 g/mol. The summed E-state index contributed by atoms with van der Waals surface area (Å²) in [5.41, 5.74) is 20.5. The Kier molecular flexibility index (Phi) is 16.9. The number of primary amides is 2. The molecule has 27 nitrogen and oxygen atoms in total. The summed E-state index contributed by atoms with van der Waals surface area (Å²) in [5, 5.41) is 22.8. The first-order valence-electron chi connectivity index (χ1n) is 24.8. The number of likely N-dealkylation sites (tertiary alicyclic amines) is 2. The van der Waals surface area contributed by atoms with Gasteiger partial charge in [0.15, 0.2) is 0 Å². The molecule has 8 rings (SSSR count). The van der Waals surface area contributed by atoms with Crippen molar-refractivity contribution < 1.29 is 57.7 Å². The van der Waals surface area contributed by atoms with Crippen LogP contribution < -0.4 is 37.3 Å². The number of carboxylic acid groups (broad SMARTS) is 1. The molecular weight excluding hydrogens is 1030 g/mol. The molecule has 78 heavy (non-hydrogen) atoms. The number of benzene rings is 2. The highest BCUT2D eigenvalue weighted by molar-refractivity contribution is 8.00. The van der Waals surface area contributed by atoms with E-state index in [0.717, 1.165) is 16.7 Å². The molecule has 2 fully saturated rings. The Morgan fingerprint density at radius 3 is 1.97 bits per heavy atom. The maximum atomic E-state index is 13.8. The normalized spacial score (nSPS) is 15.1. The minimum atomic E-state index is -1.21. The Morgan fingerprint density at radius 1 is 0.833 bits per heavy atom. The molecule has 2 aliphatic rings. The fourth-order valence-electron chi connectivity index (χ4n) is 8.95. The minimum absolute atomic E-state index is 0.0328. The number of hydrogen-bond acceptors (Lipinski definition) is 17. The summed E-state index contributed by atoms with van der Waals surface area (Å²) in [6, 6.07) is 8.08. The van der Waals surface area contributed by atoms with Gasteiger partial charge in [0.25, 0.3) is 11.8 Å². The van der Waals surface area contributed by atoms with Crippen LogP contribution in [0.1, 0.15) is 79.3 Å². The number of carbonyl (C=O) groups excluding carboxylic acids is 7. The van der Waals surface area contributed by atoms with Crippen molar-refractivity contribution >= 4 is 93.0 Å². The first-order chi connectivity index (χ1) is 37.2. The van der Waals surface area contributed by atoms with E-state index in [9.17, 15) is 38.4 Å². The van der Waals surface area contributed by atoms with Gasteiger partial charge >= 0.3 is 5.97 Å². The number of carbonyl (C=O) groups is 8. The average molecular weight is 1090 g/mol. The van der Waals surface area contributed by atoms with Crippen molar-refractivity contribution in [1.29, 1.82) is 0 Å². The lowest BCUT2D eigenvalue weighted by atomic mass is 10.1. The van der Waals surface area contributed by atoms with Gasteiger partial charge in [0, 0.05) is 82.5 Å². The smallest absolute Gasteiger partial charge is 0.321 e. The maximum Gasteiger partial charge on any atom is 0.321 e. The predicted octanol–water partition coefficient (Wildman–Crippen LogP) is 1.58. The molecule has 0 saturated carbocycles. The predicted molar refractivity (Wildman–Crippen MR) is 283 cm³/mol. The molecule has 2 unspecified atom stereocenters. The number of thioether (sulfide) groups is 1. The standard InChI is InChI=1S/C50H59N15O12S/c1-6-65-35(17-27(3)59-65)46(71)57-50-54-32-18-28(43(52)68)20-36(75-5)41(32)63(50)11-7-8-12-64-42-33(55-49(64)56-45(70)34-16-26(2)58-60(34)4)19-29(44(53)69)21-37(42)77-15-9-14-76-30-23-61(24-30)39(66)10-13-62-40(67)22-38(47(62)72)78-25-31(51)48(73)74/h7-8,16-21,30-31,38H,6,9-15,22-25,51H2,1-5H3,(H2,52,68)(H2,53,69)(H,73,74)(H,54,57,71)(H,55,56,70)/b8-7+. The lowest BCUT2D eigenvalue weighted by Crippen LogP contribution is -2.55. The van der Waals surface area contributed by atoms with E-state index in [1.54, 1.807) is 63.9 Å². The molecule has 4 aromatic heterocycles. The summed E-state index contributed by atoms with van der Waals surface area (Å²) in [4.78, 5) is 114. The first-order valence-corrected chi connectivity index (χ1v) is 25.8. The van der Waals surface area contributed by atoms with Gasteiger partial charge < -0.3 is 50.6 Å². The van der Waals surface area contributed by atoms with Crippen molar-refractivity contribution in [2.24, 2.45) is 24.2 Å². The van der Waals surface area contributed by atoms with E-state index in [2.05, 4.69) is 25.8 Å². The number of methoxy groups -OCH3 is 1. The van der Waals surface area contributed by atoms with Crippen molar-refractivity contribution in [3.63, 3.8) is 0 Å². The van der Waals surface area contributed by atoms with E-state index in [-0.39, 0.29) is 109 Å². The largest absolute Gasteiger partial charge is 0.494 e. The molecule has 2 atom stereocenters. The van der Waals surface area contributed by atoms with Crippen LogP contribution in [0.5, 0.6) is 11.5 Å². The number of aromatic nitrogens is 8. The number of anilines is 2. The van der Waals surface area contributed by atoms with Crippen LogP contribution in [0.4, 0.5) is 11.9 Å². The summed E-state index contributed by atoms with van der Waals surface area (Å²) < 4.78 is 24.4. The van der Waals surface area contributed by atoms with E-state index in [0.29, 0.717) is 59.7 Å². The van der Waals surface area contributed by atoms with Crippen LogP contribution in [-0.4, -0.2) is 164 Å². The Morgan fingerprint density at radius 2 is 1.41 bits per heavy atom. The summed E-state index contributed by atoms with van der Waals surface area (Å²) in [6.45, 7) is 6.85. The second kappa shape index (κ2) is 23.7. The number of aliphatic carboxylic acids is 1. The van der Waals surface area contributed by atoms with Gasteiger partial charge in [-0.25, -0.2) is 9.97 Å². The third kappa shape index (κ3) is 12.1. The highest BCUT2D eigenvalue weighted by Gasteiger charge is 2.40. The van der Waals surface area contributed by atoms with E-state index in [1.807, 2.05) is 6.92 Å². The van der Waals surface area contributed by atoms with Crippen molar-refractivity contribution in [1.82, 2.24) is 48.5 Å². The van der Waals surface area contributed by atoms with Crippen LogP contribution in [0, 0.1) is 13.8 Å². The number of amides is 7. The van der Waals surface area contributed by atoms with E-state index in [1.165, 1.54) is 36.1 Å². The zero-order valence-electron chi connectivity index (χ0n) is 43.4. The topological polar surface area (TPSA) is 364 Å². The van der Waals surface area contributed by atoms with Crippen LogP contribution in [0.15, 0.2) is 48.6 Å². The Hall–Kier alpha value is -8.63. The first kappa shape index (κ1) is 55.6. The number of ether oxygens (including phenoxy) is 3. The van der Waals surface area contributed by atoms with Gasteiger partial charge in [0.1, 0.15) is 40.0 Å². The number of nitrogens with one attached hydrogen (secondary N) is 2. The Labute approximate surface area is 449 Å². The van der Waals surface area contributed by atoms with Crippen LogP contribution >= 0.6 is 11.8 Å². The third-order valence-corrected chi connectivity index (χ3v) is 14.2. The summed E-state index contributed by atoms with van der Waals surface area (Å²) in [7, 11) is 3.07. The van der Waals surface area contributed by atoms with Crippen molar-refractivity contribution in [3.8, 4) is 11.5 Å². The molecule has 28 heteroatoms. The van der Waals surface area contributed by atoms with Crippen molar-refractivity contribution in [3.05, 3.63) is 82.5 Å². The number of imide groups is 1. The van der Waals surface area contributed by atoms with Gasteiger partial charge in [-0.05, 0) is 57.2 Å². The molecular formula is C50H59N15O12S. The number of rotatable bonds is 25. The van der Waals surface area contributed by atoms with Crippen LogP contribution in [0.3, 0.4) is 0 Å². The highest BCUT2D eigenvalue weighted by Crippen LogP contribution is 2.34.